The van der Waals surface area contributed by atoms with Crippen LogP contribution in [-0.4, -0.2) is 60.9 Å². The second-order valence-corrected chi connectivity index (χ2v) is 8.93. The van der Waals surface area contributed by atoms with Gasteiger partial charge in [-0.3, -0.25) is 0 Å². The van der Waals surface area contributed by atoms with E-state index in [2.05, 4.69) is 16.3 Å². The highest BCUT2D eigenvalue weighted by Gasteiger charge is 2.28. The summed E-state index contributed by atoms with van der Waals surface area (Å²) < 4.78 is 11.0. The van der Waals surface area contributed by atoms with Gasteiger partial charge in [-0.2, -0.15) is 0 Å². The lowest BCUT2D eigenvalue weighted by Crippen LogP contribution is -2.42. The molecule has 1 N–H and O–H groups in total. The molecule has 8 heteroatoms. The first-order valence-corrected chi connectivity index (χ1v) is 12.1. The Balaban J connectivity index is 1.42. The zero-order chi connectivity index (χ0) is 24.2. The largest absolute Gasteiger partial charge is 0.497 e. The Bertz CT molecular complexity index is 1210. The molecule has 1 saturated heterocycles. The first kappa shape index (κ1) is 23.1. The number of morpholine rings is 1. The minimum Gasteiger partial charge on any atom is -0.497 e. The van der Waals surface area contributed by atoms with E-state index in [-0.39, 0.29) is 6.03 Å². The van der Waals surface area contributed by atoms with E-state index in [9.17, 15) is 4.79 Å². The number of hydrogen-bond acceptors (Lipinski definition) is 6. The van der Waals surface area contributed by atoms with E-state index in [0.717, 1.165) is 58.6 Å². The van der Waals surface area contributed by atoms with Gasteiger partial charge in [0.1, 0.15) is 17.4 Å². The molecule has 2 aliphatic heterocycles. The third kappa shape index (κ3) is 5.22. The average Bonchev–Trinajstić information content (AvgIpc) is 2.90. The van der Waals surface area contributed by atoms with Gasteiger partial charge in [0.15, 0.2) is 0 Å². The molecule has 3 heterocycles. The van der Waals surface area contributed by atoms with Gasteiger partial charge in [-0.25, -0.2) is 14.8 Å². The number of rotatable bonds is 5. The van der Waals surface area contributed by atoms with Crippen molar-refractivity contribution in [2.45, 2.75) is 26.3 Å². The molecule has 0 radical (unpaired) electrons. The van der Waals surface area contributed by atoms with E-state index in [0.29, 0.717) is 39.1 Å². The number of hydrogen-bond donors (Lipinski definition) is 1. The predicted molar refractivity (Wildman–Crippen MR) is 135 cm³/mol. The van der Waals surface area contributed by atoms with E-state index in [1.165, 1.54) is 0 Å². The van der Waals surface area contributed by atoms with Crippen LogP contribution in [0.3, 0.4) is 0 Å². The van der Waals surface area contributed by atoms with Gasteiger partial charge >= 0.3 is 6.03 Å². The summed E-state index contributed by atoms with van der Waals surface area (Å²) >= 11 is 0. The van der Waals surface area contributed by atoms with Crippen LogP contribution in [0.1, 0.15) is 28.2 Å². The fourth-order valence-corrected chi connectivity index (χ4v) is 4.61. The van der Waals surface area contributed by atoms with Gasteiger partial charge in [0.2, 0.25) is 0 Å². The van der Waals surface area contributed by atoms with Crippen LogP contribution >= 0.6 is 0 Å². The lowest BCUT2D eigenvalue weighted by atomic mass is 10.0. The molecule has 0 bridgehead atoms. The molecule has 2 aliphatic rings. The number of anilines is 2. The zero-order valence-corrected chi connectivity index (χ0v) is 20.3. The maximum Gasteiger partial charge on any atom is 0.322 e. The zero-order valence-electron chi connectivity index (χ0n) is 20.3. The number of nitrogens with zero attached hydrogens (tertiary/aromatic N) is 4. The monoisotopic (exact) mass is 473 g/mol. The average molecular weight is 474 g/mol. The topological polar surface area (TPSA) is 79.8 Å². The van der Waals surface area contributed by atoms with Crippen molar-refractivity contribution < 1.29 is 14.3 Å². The smallest absolute Gasteiger partial charge is 0.322 e. The van der Waals surface area contributed by atoms with Crippen molar-refractivity contribution in [2.24, 2.45) is 0 Å². The van der Waals surface area contributed by atoms with Crippen LogP contribution in [0, 0.1) is 6.92 Å². The summed E-state index contributed by atoms with van der Waals surface area (Å²) in [6, 6.07) is 15.7. The second-order valence-electron chi connectivity index (χ2n) is 8.93. The standard InChI is InChI=1S/C27H31N5O3/c1-19-6-3-4-9-23(19)29-27(33)32-11-10-24-22(18-32)26(31-12-14-35-15-13-31)30-25(28-24)17-20-7-5-8-21(16-20)34-2/h3-9,16H,10-15,17-18H2,1-2H3,(H,29,33). The number of fused-ring (bicyclic) bond motifs is 1. The molecule has 1 fully saturated rings. The number of aromatic nitrogens is 2. The number of carbonyl (C=O) groups excluding carboxylic acids is 1. The van der Waals surface area contributed by atoms with E-state index in [1.807, 2.05) is 54.3 Å². The summed E-state index contributed by atoms with van der Waals surface area (Å²) in [5, 5.41) is 3.07. The van der Waals surface area contributed by atoms with Crippen LogP contribution < -0.4 is 15.0 Å². The van der Waals surface area contributed by atoms with Crippen molar-refractivity contribution >= 4 is 17.5 Å². The maximum atomic E-state index is 13.1. The summed E-state index contributed by atoms with van der Waals surface area (Å²) in [6.07, 6.45) is 1.32. The van der Waals surface area contributed by atoms with Crippen LogP contribution in [0.25, 0.3) is 0 Å². The van der Waals surface area contributed by atoms with Crippen molar-refractivity contribution in [3.8, 4) is 5.75 Å². The molecule has 1 aromatic heterocycles. The Hall–Kier alpha value is -3.65. The van der Waals surface area contributed by atoms with Crippen molar-refractivity contribution in [3.05, 3.63) is 76.7 Å². The minimum atomic E-state index is -0.0988. The highest BCUT2D eigenvalue weighted by Crippen LogP contribution is 2.29. The first-order valence-electron chi connectivity index (χ1n) is 12.1. The molecule has 5 rings (SSSR count). The number of methoxy groups -OCH3 is 1. The Morgan fingerprint density at radius 1 is 1.09 bits per heavy atom. The summed E-state index contributed by atoms with van der Waals surface area (Å²) in [6.45, 7) is 5.98. The third-order valence-electron chi connectivity index (χ3n) is 6.57. The van der Waals surface area contributed by atoms with Crippen molar-refractivity contribution in [1.82, 2.24) is 14.9 Å². The summed E-state index contributed by atoms with van der Waals surface area (Å²) in [7, 11) is 1.67. The maximum absolute atomic E-state index is 13.1. The molecule has 35 heavy (non-hydrogen) atoms. The van der Waals surface area contributed by atoms with Crippen molar-refractivity contribution in [3.63, 3.8) is 0 Å². The van der Waals surface area contributed by atoms with Crippen LogP contribution in [0.15, 0.2) is 48.5 Å². The van der Waals surface area contributed by atoms with Crippen LogP contribution in [0.2, 0.25) is 0 Å². The summed E-state index contributed by atoms with van der Waals surface area (Å²) in [4.78, 5) is 27.2. The van der Waals surface area contributed by atoms with Gasteiger partial charge in [-0.05, 0) is 36.2 Å². The van der Waals surface area contributed by atoms with Gasteiger partial charge in [0.05, 0.1) is 32.6 Å². The fourth-order valence-electron chi connectivity index (χ4n) is 4.61. The van der Waals surface area contributed by atoms with Crippen LogP contribution in [-0.2, 0) is 24.1 Å². The number of carbonyl (C=O) groups is 1. The number of aryl methyl sites for hydroxylation is 1. The molecule has 2 amide bonds. The van der Waals surface area contributed by atoms with E-state index in [4.69, 9.17) is 19.4 Å². The van der Waals surface area contributed by atoms with E-state index >= 15 is 0 Å². The number of nitrogens with one attached hydrogen (secondary N) is 1. The van der Waals surface area contributed by atoms with Crippen LogP contribution in [0.5, 0.6) is 5.75 Å². The normalized spacial score (nSPS) is 15.5. The molecule has 0 unspecified atom stereocenters. The molecule has 0 atom stereocenters. The molecule has 8 nitrogen and oxygen atoms in total. The summed E-state index contributed by atoms with van der Waals surface area (Å²) in [5.41, 5.74) is 5.04. The minimum absolute atomic E-state index is 0.0988. The highest BCUT2D eigenvalue weighted by atomic mass is 16.5. The van der Waals surface area contributed by atoms with Crippen molar-refractivity contribution in [1.29, 1.82) is 0 Å². The molecule has 0 saturated carbocycles. The van der Waals surface area contributed by atoms with Gasteiger partial charge in [0.25, 0.3) is 0 Å². The first-order chi connectivity index (χ1) is 17.1. The quantitative estimate of drug-likeness (QED) is 0.607. The van der Waals surface area contributed by atoms with Gasteiger partial charge < -0.3 is 24.6 Å². The van der Waals surface area contributed by atoms with Gasteiger partial charge in [-0.1, -0.05) is 30.3 Å². The number of ether oxygens (including phenoxy) is 2. The SMILES string of the molecule is COc1cccc(Cc2nc3c(c(N4CCOCC4)n2)CN(C(=O)Nc2ccccc2C)CC3)c1. The number of benzene rings is 2. The second kappa shape index (κ2) is 10.3. The number of amides is 2. The lowest BCUT2D eigenvalue weighted by Gasteiger charge is -2.34. The molecule has 2 aromatic carbocycles. The Kier molecular flexibility index (Phi) is 6.81. The lowest BCUT2D eigenvalue weighted by molar-refractivity contribution is 0.122. The molecule has 0 aliphatic carbocycles. The Morgan fingerprint density at radius 3 is 2.71 bits per heavy atom. The predicted octanol–water partition coefficient (Wildman–Crippen LogP) is 3.81. The molecular weight excluding hydrogens is 442 g/mol. The number of para-hydroxylation sites is 1. The Labute approximate surface area is 205 Å². The van der Waals surface area contributed by atoms with Crippen LogP contribution in [0.4, 0.5) is 16.3 Å². The van der Waals surface area contributed by atoms with Gasteiger partial charge in [0, 0.05) is 43.7 Å². The van der Waals surface area contributed by atoms with Crippen molar-refractivity contribution in [2.75, 3.05) is 50.2 Å². The van der Waals surface area contributed by atoms with Gasteiger partial charge in [-0.15, -0.1) is 0 Å². The van der Waals surface area contributed by atoms with E-state index in [1.54, 1.807) is 7.11 Å². The third-order valence-corrected chi connectivity index (χ3v) is 6.57. The van der Waals surface area contributed by atoms with E-state index < -0.39 is 0 Å². The fraction of sp³-hybridized carbons (Fsp3) is 0.370. The molecular formula is C27H31N5O3. The number of urea groups is 1. The Morgan fingerprint density at radius 2 is 1.91 bits per heavy atom. The highest BCUT2D eigenvalue weighted by molar-refractivity contribution is 5.90. The molecule has 0 spiro atoms. The molecule has 182 valence electrons. The summed E-state index contributed by atoms with van der Waals surface area (Å²) in [5.74, 6) is 2.53. The molecule has 3 aromatic rings.